The second-order valence-corrected chi connectivity index (χ2v) is 8.17. The van der Waals surface area contributed by atoms with Gasteiger partial charge in [-0.2, -0.15) is 0 Å². The molecule has 144 valence electrons. The van der Waals surface area contributed by atoms with E-state index in [0.717, 1.165) is 17.4 Å². The third-order valence-corrected chi connectivity index (χ3v) is 4.60. The fourth-order valence-electron chi connectivity index (χ4n) is 2.55. The molecule has 28 heavy (non-hydrogen) atoms. The first-order valence-corrected chi connectivity index (χ1v) is 10.5. The molecule has 3 aromatic rings. The number of anilines is 2. The average Bonchev–Trinajstić information content (AvgIpc) is 3.10. The van der Waals surface area contributed by atoms with E-state index in [1.165, 1.54) is 0 Å². The van der Waals surface area contributed by atoms with Gasteiger partial charge in [0, 0.05) is 22.0 Å². The Hall–Kier alpha value is -3.03. The van der Waals surface area contributed by atoms with Crippen LogP contribution in [0.1, 0.15) is 11.3 Å². The molecule has 0 spiro atoms. The van der Waals surface area contributed by atoms with Crippen LogP contribution in [-0.2, 0) is 14.8 Å². The zero-order chi connectivity index (χ0) is 20.1. The van der Waals surface area contributed by atoms with E-state index in [2.05, 4.69) is 10.0 Å². The monoisotopic (exact) mass is 416 g/mol. The molecule has 0 aliphatic carbocycles. The molecule has 0 saturated carbocycles. The topological polar surface area (TPSA) is 88.4 Å². The Bertz CT molecular complexity index is 1120. The third kappa shape index (κ3) is 5.25. The SMILES string of the molecule is CS(=O)(=O)Nc1ccc(-c2ccc(/C=C/c3cc(Cl)ccc3NC=O)o2)cc1. The van der Waals surface area contributed by atoms with Crippen LogP contribution in [-0.4, -0.2) is 21.1 Å². The summed E-state index contributed by atoms with van der Waals surface area (Å²) in [5.41, 5.74) is 2.67. The number of hydrogen-bond acceptors (Lipinski definition) is 4. The van der Waals surface area contributed by atoms with Crippen molar-refractivity contribution < 1.29 is 17.6 Å². The zero-order valence-corrected chi connectivity index (χ0v) is 16.4. The van der Waals surface area contributed by atoms with Crippen molar-refractivity contribution in [1.82, 2.24) is 0 Å². The molecular formula is C20H17ClN2O4S. The fourth-order valence-corrected chi connectivity index (χ4v) is 3.30. The van der Waals surface area contributed by atoms with Crippen LogP contribution < -0.4 is 10.0 Å². The molecule has 0 aliphatic rings. The van der Waals surface area contributed by atoms with Crippen LogP contribution in [0.25, 0.3) is 23.5 Å². The molecule has 0 saturated heterocycles. The van der Waals surface area contributed by atoms with E-state index in [1.54, 1.807) is 54.6 Å². The summed E-state index contributed by atoms with van der Waals surface area (Å²) in [6, 6.07) is 15.6. The number of carbonyl (C=O) groups is 1. The zero-order valence-electron chi connectivity index (χ0n) is 14.8. The van der Waals surface area contributed by atoms with E-state index >= 15 is 0 Å². The van der Waals surface area contributed by atoms with E-state index < -0.39 is 10.0 Å². The number of amides is 1. The molecule has 8 heteroatoms. The molecule has 2 N–H and O–H groups in total. The number of benzene rings is 2. The molecule has 0 aliphatic heterocycles. The molecule has 0 unspecified atom stereocenters. The van der Waals surface area contributed by atoms with Gasteiger partial charge in [0.25, 0.3) is 0 Å². The molecule has 2 aromatic carbocycles. The lowest BCUT2D eigenvalue weighted by Crippen LogP contribution is -2.09. The van der Waals surface area contributed by atoms with Crippen LogP contribution in [0.5, 0.6) is 0 Å². The van der Waals surface area contributed by atoms with Gasteiger partial charge in [0.2, 0.25) is 16.4 Å². The fraction of sp³-hybridized carbons (Fsp3) is 0.0500. The number of furan rings is 1. The predicted octanol–water partition coefficient (Wildman–Crippen LogP) is 4.71. The van der Waals surface area contributed by atoms with Crippen LogP contribution in [0.15, 0.2) is 59.0 Å². The number of sulfonamides is 1. The molecule has 1 heterocycles. The lowest BCUT2D eigenvalue weighted by molar-refractivity contribution is -0.105. The lowest BCUT2D eigenvalue weighted by Gasteiger charge is -2.04. The predicted molar refractivity (Wildman–Crippen MR) is 113 cm³/mol. The summed E-state index contributed by atoms with van der Waals surface area (Å²) in [6.07, 6.45) is 5.26. The molecule has 3 rings (SSSR count). The van der Waals surface area contributed by atoms with E-state index in [-0.39, 0.29) is 0 Å². The normalized spacial score (nSPS) is 11.5. The number of halogens is 1. The maximum absolute atomic E-state index is 11.3. The first-order valence-electron chi connectivity index (χ1n) is 8.20. The smallest absolute Gasteiger partial charge is 0.229 e. The van der Waals surface area contributed by atoms with Gasteiger partial charge >= 0.3 is 0 Å². The van der Waals surface area contributed by atoms with Crippen LogP contribution in [0, 0.1) is 0 Å². The van der Waals surface area contributed by atoms with Crippen molar-refractivity contribution >= 4 is 51.6 Å². The highest BCUT2D eigenvalue weighted by atomic mass is 35.5. The van der Waals surface area contributed by atoms with Crippen LogP contribution in [0.3, 0.4) is 0 Å². The molecule has 6 nitrogen and oxygen atoms in total. The largest absolute Gasteiger partial charge is 0.457 e. The Morgan fingerprint density at radius 3 is 2.43 bits per heavy atom. The maximum Gasteiger partial charge on any atom is 0.229 e. The summed E-state index contributed by atoms with van der Waals surface area (Å²) < 4.78 is 30.8. The van der Waals surface area contributed by atoms with Gasteiger partial charge in [-0.25, -0.2) is 8.42 Å². The Kier molecular flexibility index (Phi) is 5.87. The number of hydrogen-bond donors (Lipinski definition) is 2. The standard InChI is InChI=1S/C20H17ClN2O4S/c1-28(25,26)23-17-6-2-14(3-7-17)20-11-9-18(27-20)8-4-15-12-16(21)5-10-19(15)22-13-24/h2-13,23H,1H3,(H,22,24)/b8-4+. The molecular weight excluding hydrogens is 400 g/mol. The lowest BCUT2D eigenvalue weighted by atomic mass is 10.1. The van der Waals surface area contributed by atoms with Gasteiger partial charge in [-0.05, 0) is 72.3 Å². The Morgan fingerprint density at radius 2 is 1.75 bits per heavy atom. The van der Waals surface area contributed by atoms with Crippen LogP contribution in [0.4, 0.5) is 11.4 Å². The molecule has 0 fully saturated rings. The molecule has 0 radical (unpaired) electrons. The van der Waals surface area contributed by atoms with Gasteiger partial charge in [-0.3, -0.25) is 9.52 Å². The van der Waals surface area contributed by atoms with E-state index in [4.69, 9.17) is 16.0 Å². The van der Waals surface area contributed by atoms with Gasteiger partial charge < -0.3 is 9.73 Å². The van der Waals surface area contributed by atoms with E-state index in [1.807, 2.05) is 12.1 Å². The van der Waals surface area contributed by atoms with Crippen LogP contribution >= 0.6 is 11.6 Å². The summed E-state index contributed by atoms with van der Waals surface area (Å²) in [4.78, 5) is 10.7. The number of rotatable bonds is 7. The second kappa shape index (κ2) is 8.33. The average molecular weight is 417 g/mol. The second-order valence-electron chi connectivity index (χ2n) is 5.98. The third-order valence-electron chi connectivity index (χ3n) is 3.75. The summed E-state index contributed by atoms with van der Waals surface area (Å²) in [7, 11) is -3.31. The van der Waals surface area contributed by atoms with Crippen molar-refractivity contribution in [1.29, 1.82) is 0 Å². The van der Waals surface area contributed by atoms with Crippen molar-refractivity contribution in [3.8, 4) is 11.3 Å². The molecule has 0 atom stereocenters. The minimum Gasteiger partial charge on any atom is -0.457 e. The minimum atomic E-state index is -3.31. The highest BCUT2D eigenvalue weighted by Crippen LogP contribution is 2.26. The van der Waals surface area contributed by atoms with Crippen molar-refractivity contribution in [2.24, 2.45) is 0 Å². The number of carbonyl (C=O) groups excluding carboxylic acids is 1. The van der Waals surface area contributed by atoms with Crippen LogP contribution in [0.2, 0.25) is 5.02 Å². The number of nitrogens with one attached hydrogen (secondary N) is 2. The summed E-state index contributed by atoms with van der Waals surface area (Å²) in [6.45, 7) is 0. The maximum atomic E-state index is 11.3. The molecule has 0 bridgehead atoms. The van der Waals surface area contributed by atoms with Crippen molar-refractivity contribution in [2.75, 3.05) is 16.3 Å². The quantitative estimate of drug-likeness (QED) is 0.546. The van der Waals surface area contributed by atoms with Gasteiger partial charge in [-0.1, -0.05) is 11.6 Å². The minimum absolute atomic E-state index is 0.481. The summed E-state index contributed by atoms with van der Waals surface area (Å²) in [5, 5.41) is 3.18. The highest BCUT2D eigenvalue weighted by Gasteiger charge is 2.06. The van der Waals surface area contributed by atoms with Gasteiger partial charge in [0.05, 0.1) is 6.26 Å². The van der Waals surface area contributed by atoms with Gasteiger partial charge in [-0.15, -0.1) is 0 Å². The summed E-state index contributed by atoms with van der Waals surface area (Å²) in [5.74, 6) is 1.26. The van der Waals surface area contributed by atoms with Crippen molar-refractivity contribution in [2.45, 2.75) is 0 Å². The molecule has 1 aromatic heterocycles. The van der Waals surface area contributed by atoms with Gasteiger partial charge in [0.15, 0.2) is 0 Å². The van der Waals surface area contributed by atoms with Crippen molar-refractivity contribution in [3.05, 3.63) is 70.9 Å². The van der Waals surface area contributed by atoms with E-state index in [9.17, 15) is 13.2 Å². The Morgan fingerprint density at radius 1 is 1.00 bits per heavy atom. The van der Waals surface area contributed by atoms with E-state index in [0.29, 0.717) is 34.3 Å². The first-order chi connectivity index (χ1) is 13.3. The van der Waals surface area contributed by atoms with Gasteiger partial charge in [0.1, 0.15) is 11.5 Å². The Balaban J connectivity index is 1.78. The highest BCUT2D eigenvalue weighted by molar-refractivity contribution is 7.92. The summed E-state index contributed by atoms with van der Waals surface area (Å²) >= 11 is 6.02. The Labute approximate surface area is 167 Å². The van der Waals surface area contributed by atoms with Crippen molar-refractivity contribution in [3.63, 3.8) is 0 Å². The molecule has 1 amide bonds. The first kappa shape index (κ1) is 19.7.